The van der Waals surface area contributed by atoms with Gasteiger partial charge in [0, 0.05) is 34.4 Å². The number of hydrogen-bond acceptors (Lipinski definition) is 5. The number of anilines is 1. The summed E-state index contributed by atoms with van der Waals surface area (Å²) in [6, 6.07) is 8.35. The van der Waals surface area contributed by atoms with Crippen LogP contribution in [-0.2, 0) is 16.6 Å². The van der Waals surface area contributed by atoms with Crippen LogP contribution in [0, 0.1) is 13.8 Å². The van der Waals surface area contributed by atoms with E-state index in [0.29, 0.717) is 11.5 Å². The second-order valence-electron chi connectivity index (χ2n) is 12.9. The van der Waals surface area contributed by atoms with Crippen molar-refractivity contribution in [3.8, 4) is 0 Å². The number of amides is 2. The summed E-state index contributed by atoms with van der Waals surface area (Å²) in [4.78, 5) is 25.4. The highest BCUT2D eigenvalue weighted by Gasteiger charge is 2.20. The van der Waals surface area contributed by atoms with Crippen molar-refractivity contribution in [2.45, 2.75) is 92.8 Å². The third-order valence-corrected chi connectivity index (χ3v) is 6.17. The topological polar surface area (TPSA) is 153 Å². The molecule has 0 bridgehead atoms. The van der Waals surface area contributed by atoms with E-state index in [9.17, 15) is 9.59 Å². The van der Waals surface area contributed by atoms with Crippen molar-refractivity contribution in [2.24, 2.45) is 11.5 Å². The van der Waals surface area contributed by atoms with E-state index in [1.54, 1.807) is 21.5 Å². The molecule has 0 spiro atoms. The highest BCUT2D eigenvalue weighted by molar-refractivity contribution is 5.95. The summed E-state index contributed by atoms with van der Waals surface area (Å²) >= 11 is 0. The molecule has 4 rings (SSSR count). The van der Waals surface area contributed by atoms with Crippen LogP contribution in [0.15, 0.2) is 43.0 Å². The Hall–Kier alpha value is -4.08. The molecule has 0 saturated carbocycles. The zero-order chi connectivity index (χ0) is 30.8. The molecular formula is C30H46N8O2. The number of rotatable bonds is 2. The van der Waals surface area contributed by atoms with Crippen LogP contribution in [0.3, 0.4) is 0 Å². The first-order chi connectivity index (χ1) is 18.1. The fourth-order valence-corrected chi connectivity index (χ4v) is 4.10. The standard InChI is InChI=1S/C14H19N.C8H14N4O.C8H13N3O/c1-10-8-11(2)12-6-7-15(13(12)9-10)14(3,4)5;1-8(2,3)12-4-11-5(6(12)9)7(10)13;1-8(2,3)11-5-4-6(10-11)7(9)12/h6-9H,1-5H3;4H,9H2,1-3H3,(H2,10,13);4-5H,1-3H3,(H2,9,12). The van der Waals surface area contributed by atoms with Gasteiger partial charge < -0.3 is 26.3 Å². The Morgan fingerprint density at radius 1 is 0.775 bits per heavy atom. The van der Waals surface area contributed by atoms with Crippen molar-refractivity contribution >= 4 is 28.5 Å². The van der Waals surface area contributed by atoms with E-state index in [4.69, 9.17) is 17.2 Å². The zero-order valence-corrected chi connectivity index (χ0v) is 25.8. The lowest BCUT2D eigenvalue weighted by atomic mass is 10.1. The summed E-state index contributed by atoms with van der Waals surface area (Å²) < 4.78 is 5.78. The smallest absolute Gasteiger partial charge is 0.271 e. The number of aromatic nitrogens is 5. The van der Waals surface area contributed by atoms with Gasteiger partial charge >= 0.3 is 0 Å². The van der Waals surface area contributed by atoms with E-state index in [1.165, 1.54) is 28.4 Å². The Morgan fingerprint density at radius 3 is 1.73 bits per heavy atom. The zero-order valence-electron chi connectivity index (χ0n) is 25.8. The van der Waals surface area contributed by atoms with Gasteiger partial charge in [0.2, 0.25) is 0 Å². The van der Waals surface area contributed by atoms with Gasteiger partial charge in [-0.25, -0.2) is 4.98 Å². The SMILES string of the molecule is CC(C)(C)n1ccc(C(N)=O)n1.CC(C)(C)n1cnc(C(N)=O)c1N.Cc1cc(C)c2ccn(C(C)(C)C)c2c1. The molecule has 218 valence electrons. The quantitative estimate of drug-likeness (QED) is 0.318. The monoisotopic (exact) mass is 550 g/mol. The van der Waals surface area contributed by atoms with Crippen molar-refractivity contribution in [1.29, 1.82) is 0 Å². The number of carbonyl (C=O) groups excluding carboxylic acids is 2. The third kappa shape index (κ3) is 7.74. The van der Waals surface area contributed by atoms with Crippen LogP contribution in [0.4, 0.5) is 5.82 Å². The second-order valence-corrected chi connectivity index (χ2v) is 12.9. The van der Waals surface area contributed by atoms with E-state index in [1.807, 2.05) is 41.5 Å². The lowest BCUT2D eigenvalue weighted by Gasteiger charge is -2.23. The normalized spacial score (nSPS) is 11.9. The van der Waals surface area contributed by atoms with Crippen molar-refractivity contribution in [3.05, 3.63) is 65.5 Å². The van der Waals surface area contributed by atoms with Crippen LogP contribution in [0.25, 0.3) is 10.9 Å². The average Bonchev–Trinajstić information content (AvgIpc) is 3.51. The van der Waals surface area contributed by atoms with Gasteiger partial charge in [-0.05, 0) is 105 Å². The van der Waals surface area contributed by atoms with E-state index in [-0.39, 0.29) is 22.3 Å². The summed E-state index contributed by atoms with van der Waals surface area (Å²) in [5.41, 5.74) is 20.2. The number of nitrogens with two attached hydrogens (primary N) is 3. The molecule has 1 aromatic carbocycles. The summed E-state index contributed by atoms with van der Waals surface area (Å²) in [6.45, 7) is 23.0. The molecule has 2 amide bonds. The fraction of sp³-hybridized carbons (Fsp3) is 0.467. The largest absolute Gasteiger partial charge is 0.383 e. The van der Waals surface area contributed by atoms with Crippen LogP contribution >= 0.6 is 0 Å². The lowest BCUT2D eigenvalue weighted by molar-refractivity contribution is 0.0987. The van der Waals surface area contributed by atoms with Crippen molar-refractivity contribution in [1.82, 2.24) is 23.9 Å². The van der Waals surface area contributed by atoms with Crippen LogP contribution in [0.2, 0.25) is 0 Å². The maximum Gasteiger partial charge on any atom is 0.271 e. The van der Waals surface area contributed by atoms with Gasteiger partial charge in [-0.1, -0.05) is 6.07 Å². The minimum Gasteiger partial charge on any atom is -0.383 e. The molecule has 0 atom stereocenters. The first-order valence-corrected chi connectivity index (χ1v) is 13.2. The number of carbonyl (C=O) groups is 2. The van der Waals surface area contributed by atoms with Crippen LogP contribution in [0.1, 0.15) is 94.4 Å². The molecular weight excluding hydrogens is 504 g/mol. The molecule has 3 aromatic heterocycles. The molecule has 0 radical (unpaired) electrons. The number of fused-ring (bicyclic) bond motifs is 1. The molecule has 0 aliphatic carbocycles. The maximum absolute atomic E-state index is 10.8. The molecule has 4 aromatic rings. The number of aryl methyl sites for hydroxylation is 2. The van der Waals surface area contributed by atoms with E-state index < -0.39 is 11.8 Å². The lowest BCUT2D eigenvalue weighted by Crippen LogP contribution is -2.23. The Balaban J connectivity index is 0.000000212. The minimum atomic E-state index is -0.597. The maximum atomic E-state index is 10.8. The third-order valence-electron chi connectivity index (χ3n) is 6.17. The molecule has 6 N–H and O–H groups in total. The number of primary amides is 2. The van der Waals surface area contributed by atoms with Crippen molar-refractivity contribution < 1.29 is 9.59 Å². The molecule has 0 fully saturated rings. The summed E-state index contributed by atoms with van der Waals surface area (Å²) in [5, 5.41) is 5.39. The molecule has 10 heteroatoms. The Morgan fingerprint density at radius 2 is 1.35 bits per heavy atom. The number of benzene rings is 1. The predicted molar refractivity (Wildman–Crippen MR) is 162 cm³/mol. The highest BCUT2D eigenvalue weighted by Crippen LogP contribution is 2.27. The van der Waals surface area contributed by atoms with Gasteiger partial charge in [0.1, 0.15) is 11.5 Å². The van der Waals surface area contributed by atoms with Gasteiger partial charge in [-0.2, -0.15) is 5.10 Å². The molecule has 0 aliphatic rings. The van der Waals surface area contributed by atoms with Crippen LogP contribution < -0.4 is 17.2 Å². The number of nitrogen functional groups attached to an aromatic ring is 1. The molecule has 3 heterocycles. The number of hydrogen-bond donors (Lipinski definition) is 3. The van der Waals surface area contributed by atoms with Gasteiger partial charge in [0.15, 0.2) is 5.69 Å². The van der Waals surface area contributed by atoms with Gasteiger partial charge in [-0.15, -0.1) is 0 Å². The highest BCUT2D eigenvalue weighted by atomic mass is 16.1. The fourth-order valence-electron chi connectivity index (χ4n) is 4.10. The summed E-state index contributed by atoms with van der Waals surface area (Å²) in [6.07, 6.45) is 5.46. The Bertz CT molecular complexity index is 1480. The van der Waals surface area contributed by atoms with Crippen LogP contribution in [-0.4, -0.2) is 35.7 Å². The molecule has 0 saturated heterocycles. The Kier molecular flexibility index (Phi) is 9.30. The van der Waals surface area contributed by atoms with Gasteiger partial charge in [-0.3, -0.25) is 14.3 Å². The second kappa shape index (κ2) is 11.6. The Labute approximate surface area is 237 Å². The molecule has 0 unspecified atom stereocenters. The van der Waals surface area contributed by atoms with Crippen molar-refractivity contribution in [2.75, 3.05) is 5.73 Å². The molecule has 0 aliphatic heterocycles. The van der Waals surface area contributed by atoms with Gasteiger partial charge in [0.05, 0.1) is 11.9 Å². The van der Waals surface area contributed by atoms with E-state index in [0.717, 1.165) is 0 Å². The van der Waals surface area contributed by atoms with E-state index >= 15 is 0 Å². The predicted octanol–water partition coefficient (Wildman–Crippen LogP) is 5.07. The van der Waals surface area contributed by atoms with Crippen LogP contribution in [0.5, 0.6) is 0 Å². The number of imidazole rings is 1. The van der Waals surface area contributed by atoms with Crippen molar-refractivity contribution in [3.63, 3.8) is 0 Å². The average molecular weight is 551 g/mol. The molecule has 40 heavy (non-hydrogen) atoms. The first kappa shape index (κ1) is 32.1. The molecule has 10 nitrogen and oxygen atoms in total. The van der Waals surface area contributed by atoms with Gasteiger partial charge in [0.25, 0.3) is 11.8 Å². The summed E-state index contributed by atoms with van der Waals surface area (Å²) in [5.74, 6) is -0.765. The van der Waals surface area contributed by atoms with E-state index in [2.05, 4.69) is 73.7 Å². The number of nitrogens with zero attached hydrogens (tertiary/aromatic N) is 5. The summed E-state index contributed by atoms with van der Waals surface area (Å²) in [7, 11) is 0. The first-order valence-electron chi connectivity index (χ1n) is 13.2. The minimum absolute atomic E-state index is 0.103.